The molecule has 1 nitrogen and oxygen atoms in total. The van der Waals surface area contributed by atoms with Gasteiger partial charge >= 0.3 is 18.9 Å². The van der Waals surface area contributed by atoms with Crippen molar-refractivity contribution in [2.75, 3.05) is 0 Å². The van der Waals surface area contributed by atoms with Crippen LogP contribution in [-0.2, 0) is 5.54 Å². The minimum atomic E-state index is 0. The van der Waals surface area contributed by atoms with E-state index in [-0.39, 0.29) is 24.4 Å². The summed E-state index contributed by atoms with van der Waals surface area (Å²) in [5.74, 6) is 0. The van der Waals surface area contributed by atoms with Crippen LogP contribution in [0.3, 0.4) is 0 Å². The molecule has 1 rings (SSSR count). The molecule has 54 valence electrons. The van der Waals surface area contributed by atoms with Crippen molar-refractivity contribution in [3.63, 3.8) is 0 Å². The SMILES string of the molecule is CC(C)(C)[n+]1ccccc1.[Li+]. The van der Waals surface area contributed by atoms with Crippen LogP contribution in [0.2, 0.25) is 0 Å². The Kier molecular flexibility index (Phi) is 3.86. The van der Waals surface area contributed by atoms with Crippen molar-refractivity contribution in [1.82, 2.24) is 0 Å². The van der Waals surface area contributed by atoms with Crippen LogP contribution in [0, 0.1) is 0 Å². The summed E-state index contributed by atoms with van der Waals surface area (Å²) < 4.78 is 2.19. The Morgan fingerprint density at radius 2 is 1.36 bits per heavy atom. The van der Waals surface area contributed by atoms with Gasteiger partial charge in [0.25, 0.3) is 0 Å². The zero-order chi connectivity index (χ0) is 7.61. The van der Waals surface area contributed by atoms with E-state index in [0.29, 0.717) is 0 Å². The Hall–Kier alpha value is -0.253. The van der Waals surface area contributed by atoms with E-state index < -0.39 is 0 Å². The predicted molar refractivity (Wildman–Crippen MR) is 41.6 cm³/mol. The van der Waals surface area contributed by atoms with Gasteiger partial charge < -0.3 is 0 Å². The van der Waals surface area contributed by atoms with E-state index in [2.05, 4.69) is 37.7 Å². The second kappa shape index (κ2) is 3.95. The van der Waals surface area contributed by atoms with Gasteiger partial charge in [-0.1, -0.05) is 6.07 Å². The molecule has 0 aliphatic rings. The molecule has 2 heteroatoms. The van der Waals surface area contributed by atoms with Crippen molar-refractivity contribution < 1.29 is 23.4 Å². The zero-order valence-corrected chi connectivity index (χ0v) is 7.83. The molecule has 1 aromatic rings. The first-order valence-electron chi connectivity index (χ1n) is 3.57. The van der Waals surface area contributed by atoms with E-state index in [1.807, 2.05) is 18.2 Å². The third kappa shape index (κ3) is 3.10. The molecule has 0 aliphatic carbocycles. The number of aromatic nitrogens is 1. The van der Waals surface area contributed by atoms with Crippen LogP contribution in [0.1, 0.15) is 20.8 Å². The maximum Gasteiger partial charge on any atom is 1.00 e. The summed E-state index contributed by atoms with van der Waals surface area (Å²) in [7, 11) is 0. The predicted octanol–water partition coefficient (Wildman–Crippen LogP) is -1.27. The van der Waals surface area contributed by atoms with E-state index in [1.54, 1.807) is 0 Å². The van der Waals surface area contributed by atoms with Gasteiger partial charge in [0.15, 0.2) is 17.9 Å². The molecule has 0 N–H and O–H groups in total. The summed E-state index contributed by atoms with van der Waals surface area (Å²) in [5.41, 5.74) is 0.210. The number of rotatable bonds is 0. The van der Waals surface area contributed by atoms with E-state index in [4.69, 9.17) is 0 Å². The third-order valence-corrected chi connectivity index (χ3v) is 1.49. The number of hydrogen-bond acceptors (Lipinski definition) is 0. The fraction of sp³-hybridized carbons (Fsp3) is 0.444. The van der Waals surface area contributed by atoms with Gasteiger partial charge in [-0.3, -0.25) is 0 Å². The molecule has 0 aliphatic heterocycles. The van der Waals surface area contributed by atoms with Crippen LogP contribution in [0.15, 0.2) is 30.6 Å². The van der Waals surface area contributed by atoms with Crippen LogP contribution >= 0.6 is 0 Å². The Balaban J connectivity index is 0.000001000. The van der Waals surface area contributed by atoms with Crippen molar-refractivity contribution >= 4 is 0 Å². The maximum atomic E-state index is 2.19. The van der Waals surface area contributed by atoms with Crippen molar-refractivity contribution in [3.8, 4) is 0 Å². The summed E-state index contributed by atoms with van der Waals surface area (Å²) in [6.07, 6.45) is 4.17. The normalized spacial score (nSPS) is 10.5. The Labute approximate surface area is 80.6 Å². The van der Waals surface area contributed by atoms with Gasteiger partial charge in [-0.15, -0.1) is 0 Å². The van der Waals surface area contributed by atoms with E-state index in [1.165, 1.54) is 0 Å². The largest absolute Gasteiger partial charge is 1.00 e. The summed E-state index contributed by atoms with van der Waals surface area (Å²) in [6, 6.07) is 6.12. The van der Waals surface area contributed by atoms with Crippen LogP contribution in [0.5, 0.6) is 0 Å². The van der Waals surface area contributed by atoms with E-state index in [0.717, 1.165) is 0 Å². The van der Waals surface area contributed by atoms with Crippen LogP contribution < -0.4 is 23.4 Å². The topological polar surface area (TPSA) is 3.88 Å². The molecule has 0 bridgehead atoms. The van der Waals surface area contributed by atoms with Crippen molar-refractivity contribution in [2.45, 2.75) is 26.3 Å². The molecule has 1 heterocycles. The quantitative estimate of drug-likeness (QED) is 0.315. The van der Waals surface area contributed by atoms with Gasteiger partial charge in [0.2, 0.25) is 0 Å². The number of pyridine rings is 1. The molecule has 0 saturated heterocycles. The van der Waals surface area contributed by atoms with Crippen molar-refractivity contribution in [1.29, 1.82) is 0 Å². The molecule has 0 radical (unpaired) electrons. The smallest absolute Gasteiger partial charge is 0.201 e. The Morgan fingerprint density at radius 1 is 0.909 bits per heavy atom. The second-order valence-corrected chi connectivity index (χ2v) is 3.45. The Bertz CT molecular complexity index is 201. The molecule has 0 amide bonds. The minimum absolute atomic E-state index is 0. The molecule has 1 aromatic heterocycles. The molecule has 0 saturated carbocycles. The summed E-state index contributed by atoms with van der Waals surface area (Å²) in [6.45, 7) is 6.56. The summed E-state index contributed by atoms with van der Waals surface area (Å²) in [5, 5.41) is 0. The first kappa shape index (κ1) is 10.7. The fourth-order valence-corrected chi connectivity index (χ4v) is 0.846. The van der Waals surface area contributed by atoms with Gasteiger partial charge in [0, 0.05) is 32.9 Å². The van der Waals surface area contributed by atoms with E-state index >= 15 is 0 Å². The average Bonchev–Trinajstić information content (AvgIpc) is 1.88. The molecule has 11 heavy (non-hydrogen) atoms. The van der Waals surface area contributed by atoms with Gasteiger partial charge in [-0.25, -0.2) is 4.57 Å². The molecule has 0 fully saturated rings. The van der Waals surface area contributed by atoms with Gasteiger partial charge in [0.05, 0.1) is 0 Å². The second-order valence-electron chi connectivity index (χ2n) is 3.45. The van der Waals surface area contributed by atoms with Gasteiger partial charge in [-0.2, -0.15) is 0 Å². The molecule has 0 aromatic carbocycles. The molecule has 0 spiro atoms. The number of hydrogen-bond donors (Lipinski definition) is 0. The van der Waals surface area contributed by atoms with Gasteiger partial charge in [-0.05, 0) is 0 Å². The zero-order valence-electron chi connectivity index (χ0n) is 7.83. The summed E-state index contributed by atoms with van der Waals surface area (Å²) in [4.78, 5) is 0. The third-order valence-electron chi connectivity index (χ3n) is 1.49. The first-order chi connectivity index (χ1) is 4.61. The summed E-state index contributed by atoms with van der Waals surface area (Å²) >= 11 is 0. The van der Waals surface area contributed by atoms with Crippen LogP contribution in [0.25, 0.3) is 0 Å². The van der Waals surface area contributed by atoms with E-state index in [9.17, 15) is 0 Å². The fourth-order valence-electron chi connectivity index (χ4n) is 0.846. The molecular formula is C9H14LiN+2. The number of nitrogens with zero attached hydrogens (tertiary/aromatic N) is 1. The monoisotopic (exact) mass is 143 g/mol. The molecule has 0 unspecified atom stereocenters. The van der Waals surface area contributed by atoms with Crippen LogP contribution in [0.4, 0.5) is 0 Å². The first-order valence-corrected chi connectivity index (χ1v) is 3.57. The standard InChI is InChI=1S/C9H14N.Li/c1-9(2,3)10-7-5-4-6-8-10;/h4-8H,1-3H3;/q2*+1. The molecular weight excluding hydrogens is 129 g/mol. The Morgan fingerprint density at radius 3 is 1.64 bits per heavy atom. The minimum Gasteiger partial charge on any atom is -0.201 e. The van der Waals surface area contributed by atoms with Crippen molar-refractivity contribution in [2.24, 2.45) is 0 Å². The van der Waals surface area contributed by atoms with Gasteiger partial charge in [0.1, 0.15) is 0 Å². The van der Waals surface area contributed by atoms with Crippen LogP contribution in [-0.4, -0.2) is 0 Å². The average molecular weight is 143 g/mol. The molecule has 0 atom stereocenters. The van der Waals surface area contributed by atoms with Crippen molar-refractivity contribution in [3.05, 3.63) is 30.6 Å². The maximum absolute atomic E-state index is 2.19.